The van der Waals surface area contributed by atoms with E-state index in [4.69, 9.17) is 10.00 Å². The molecule has 1 aromatic carbocycles. The lowest BCUT2D eigenvalue weighted by Gasteiger charge is -2.11. The van der Waals surface area contributed by atoms with Crippen LogP contribution in [0.3, 0.4) is 0 Å². The van der Waals surface area contributed by atoms with Crippen molar-refractivity contribution in [3.05, 3.63) is 53.6 Å². The van der Waals surface area contributed by atoms with Crippen LogP contribution in [0.25, 0.3) is 0 Å². The molecule has 1 aromatic heterocycles. The van der Waals surface area contributed by atoms with Gasteiger partial charge in [-0.2, -0.15) is 18.4 Å². The van der Waals surface area contributed by atoms with E-state index in [0.29, 0.717) is 12.1 Å². The summed E-state index contributed by atoms with van der Waals surface area (Å²) < 4.78 is 55.9. The summed E-state index contributed by atoms with van der Waals surface area (Å²) in [6.45, 7) is 0. The molecule has 0 amide bonds. The first-order chi connectivity index (χ1) is 9.41. The average molecular weight is 282 g/mol. The largest absolute Gasteiger partial charge is 0.454 e. The summed E-state index contributed by atoms with van der Waals surface area (Å²) in [7, 11) is 0. The Labute approximate surface area is 111 Å². The fraction of sp³-hybridized carbons (Fsp3) is 0.0769. The van der Waals surface area contributed by atoms with Gasteiger partial charge in [0.05, 0.1) is 5.56 Å². The highest BCUT2D eigenvalue weighted by Gasteiger charge is 2.34. The molecule has 0 radical (unpaired) electrons. The summed E-state index contributed by atoms with van der Waals surface area (Å²) >= 11 is 0. The maximum Gasteiger partial charge on any atom is 0.419 e. The summed E-state index contributed by atoms with van der Waals surface area (Å²) in [4.78, 5) is 3.70. The third-order valence-electron chi connectivity index (χ3n) is 2.35. The van der Waals surface area contributed by atoms with Crippen molar-refractivity contribution in [3.8, 4) is 17.6 Å². The number of nitriles is 1. The first-order valence-electron chi connectivity index (χ1n) is 5.31. The van der Waals surface area contributed by atoms with E-state index in [1.165, 1.54) is 18.3 Å². The zero-order chi connectivity index (χ0) is 14.8. The highest BCUT2D eigenvalue weighted by molar-refractivity contribution is 5.41. The van der Waals surface area contributed by atoms with Crippen molar-refractivity contribution in [2.24, 2.45) is 0 Å². The van der Waals surface area contributed by atoms with Crippen LogP contribution in [-0.2, 0) is 6.18 Å². The van der Waals surface area contributed by atoms with Crippen LogP contribution in [0.5, 0.6) is 11.5 Å². The van der Waals surface area contributed by atoms with Crippen molar-refractivity contribution in [2.75, 3.05) is 0 Å². The Kier molecular flexibility index (Phi) is 3.57. The average Bonchev–Trinajstić information content (AvgIpc) is 2.40. The Morgan fingerprint density at radius 3 is 2.60 bits per heavy atom. The zero-order valence-electron chi connectivity index (χ0n) is 9.78. The van der Waals surface area contributed by atoms with Crippen LogP contribution in [0.2, 0.25) is 0 Å². The lowest BCUT2D eigenvalue weighted by atomic mass is 10.2. The van der Waals surface area contributed by atoms with Gasteiger partial charge >= 0.3 is 6.18 Å². The van der Waals surface area contributed by atoms with Gasteiger partial charge in [0.2, 0.25) is 0 Å². The third kappa shape index (κ3) is 2.85. The second kappa shape index (κ2) is 5.17. The number of pyridine rings is 1. The van der Waals surface area contributed by atoms with Gasteiger partial charge in [-0.1, -0.05) is 0 Å². The Bertz CT molecular complexity index is 677. The predicted molar refractivity (Wildman–Crippen MR) is 60.4 cm³/mol. The van der Waals surface area contributed by atoms with Crippen LogP contribution >= 0.6 is 0 Å². The van der Waals surface area contributed by atoms with E-state index in [9.17, 15) is 17.6 Å². The number of aromatic nitrogens is 1. The van der Waals surface area contributed by atoms with E-state index < -0.39 is 17.6 Å². The van der Waals surface area contributed by atoms with Crippen LogP contribution in [0.1, 0.15) is 11.3 Å². The first-order valence-corrected chi connectivity index (χ1v) is 5.31. The topological polar surface area (TPSA) is 45.9 Å². The number of rotatable bonds is 2. The Morgan fingerprint density at radius 1 is 1.20 bits per heavy atom. The molecular weight excluding hydrogens is 276 g/mol. The number of benzene rings is 1. The molecule has 0 fully saturated rings. The fourth-order valence-electron chi connectivity index (χ4n) is 1.47. The lowest BCUT2D eigenvalue weighted by Crippen LogP contribution is -2.08. The molecule has 0 spiro atoms. The summed E-state index contributed by atoms with van der Waals surface area (Å²) in [5.41, 5.74) is -1.51. The minimum Gasteiger partial charge on any atom is -0.454 e. The standard InChI is InChI=1S/C13H6F4N2O/c14-10-4-3-8(6-9(10)13(15,16)17)20-12-2-1-5-19-11(12)7-18/h1-6H. The summed E-state index contributed by atoms with van der Waals surface area (Å²) in [6, 6.07) is 6.80. The molecule has 0 aliphatic carbocycles. The van der Waals surface area contributed by atoms with E-state index in [1.54, 1.807) is 6.07 Å². The van der Waals surface area contributed by atoms with Gasteiger partial charge in [0, 0.05) is 6.20 Å². The Balaban J connectivity index is 2.38. The van der Waals surface area contributed by atoms with Gasteiger partial charge in [-0.05, 0) is 30.3 Å². The highest BCUT2D eigenvalue weighted by Crippen LogP contribution is 2.35. The highest BCUT2D eigenvalue weighted by atomic mass is 19.4. The van der Waals surface area contributed by atoms with Crippen molar-refractivity contribution in [1.82, 2.24) is 4.98 Å². The summed E-state index contributed by atoms with van der Waals surface area (Å²) in [5.74, 6) is -1.63. The van der Waals surface area contributed by atoms with E-state index in [0.717, 1.165) is 6.07 Å². The summed E-state index contributed by atoms with van der Waals surface area (Å²) in [6.07, 6.45) is -3.48. The third-order valence-corrected chi connectivity index (χ3v) is 2.35. The summed E-state index contributed by atoms with van der Waals surface area (Å²) in [5, 5.41) is 8.79. The number of nitrogens with zero attached hydrogens (tertiary/aromatic N) is 2. The molecule has 0 aliphatic heterocycles. The van der Waals surface area contributed by atoms with Gasteiger partial charge in [0.15, 0.2) is 11.4 Å². The zero-order valence-corrected chi connectivity index (χ0v) is 9.78. The number of ether oxygens (including phenoxy) is 1. The Morgan fingerprint density at radius 2 is 1.95 bits per heavy atom. The normalized spacial score (nSPS) is 10.9. The smallest absolute Gasteiger partial charge is 0.419 e. The van der Waals surface area contributed by atoms with Gasteiger partial charge in [-0.15, -0.1) is 0 Å². The fourth-order valence-corrected chi connectivity index (χ4v) is 1.47. The van der Waals surface area contributed by atoms with E-state index in [1.807, 2.05) is 0 Å². The van der Waals surface area contributed by atoms with Crippen molar-refractivity contribution >= 4 is 0 Å². The monoisotopic (exact) mass is 282 g/mol. The molecule has 1 heterocycles. The molecule has 2 aromatic rings. The molecule has 20 heavy (non-hydrogen) atoms. The molecule has 0 bridgehead atoms. The molecular formula is C13H6F4N2O. The molecule has 2 rings (SSSR count). The van der Waals surface area contributed by atoms with E-state index in [-0.39, 0.29) is 17.2 Å². The van der Waals surface area contributed by atoms with Crippen LogP contribution in [0.15, 0.2) is 36.5 Å². The second-order valence-electron chi connectivity index (χ2n) is 3.70. The van der Waals surface area contributed by atoms with Crippen molar-refractivity contribution in [2.45, 2.75) is 6.18 Å². The number of alkyl halides is 3. The van der Waals surface area contributed by atoms with Gasteiger partial charge in [-0.25, -0.2) is 9.37 Å². The van der Waals surface area contributed by atoms with Crippen molar-refractivity contribution in [3.63, 3.8) is 0 Å². The predicted octanol–water partition coefficient (Wildman–Crippen LogP) is 3.90. The minimum absolute atomic E-state index is 0.00488. The maximum absolute atomic E-state index is 13.1. The molecule has 0 unspecified atom stereocenters. The molecule has 0 saturated carbocycles. The van der Waals surface area contributed by atoms with Crippen LogP contribution in [0.4, 0.5) is 17.6 Å². The van der Waals surface area contributed by atoms with Crippen LogP contribution in [0, 0.1) is 17.1 Å². The van der Waals surface area contributed by atoms with Gasteiger partial charge in [-0.3, -0.25) is 0 Å². The molecule has 0 aliphatic rings. The Hall–Kier alpha value is -2.62. The molecule has 0 N–H and O–H groups in total. The SMILES string of the molecule is N#Cc1ncccc1Oc1ccc(F)c(C(F)(F)F)c1. The van der Waals surface area contributed by atoms with Crippen molar-refractivity contribution < 1.29 is 22.3 Å². The molecule has 7 heteroatoms. The molecule has 3 nitrogen and oxygen atoms in total. The van der Waals surface area contributed by atoms with E-state index in [2.05, 4.69) is 4.98 Å². The van der Waals surface area contributed by atoms with Crippen LogP contribution in [-0.4, -0.2) is 4.98 Å². The van der Waals surface area contributed by atoms with E-state index >= 15 is 0 Å². The number of hydrogen-bond acceptors (Lipinski definition) is 3. The van der Waals surface area contributed by atoms with Crippen molar-refractivity contribution in [1.29, 1.82) is 5.26 Å². The number of hydrogen-bond donors (Lipinski definition) is 0. The minimum atomic E-state index is -4.82. The molecule has 0 saturated heterocycles. The first kappa shape index (κ1) is 13.8. The number of halogens is 4. The van der Waals surface area contributed by atoms with Gasteiger partial charge < -0.3 is 4.74 Å². The van der Waals surface area contributed by atoms with Gasteiger partial charge in [0.25, 0.3) is 0 Å². The quantitative estimate of drug-likeness (QED) is 0.785. The molecule has 102 valence electrons. The maximum atomic E-state index is 13.1. The lowest BCUT2D eigenvalue weighted by molar-refractivity contribution is -0.140. The van der Waals surface area contributed by atoms with Crippen LogP contribution < -0.4 is 4.74 Å². The van der Waals surface area contributed by atoms with Gasteiger partial charge in [0.1, 0.15) is 17.6 Å². The molecule has 0 atom stereocenters. The second-order valence-corrected chi connectivity index (χ2v) is 3.70.